The minimum atomic E-state index is 0. The highest BCUT2D eigenvalue weighted by molar-refractivity contribution is 5.85. The Labute approximate surface area is 179 Å². The van der Waals surface area contributed by atoms with Crippen molar-refractivity contribution < 1.29 is 9.59 Å². The van der Waals surface area contributed by atoms with Crippen molar-refractivity contribution in [3.8, 4) is 0 Å². The summed E-state index contributed by atoms with van der Waals surface area (Å²) in [5.41, 5.74) is 9.18. The van der Waals surface area contributed by atoms with Gasteiger partial charge in [0.1, 0.15) is 0 Å². The second kappa shape index (κ2) is 10.7. The first-order valence-electron chi connectivity index (χ1n) is 9.28. The minimum absolute atomic E-state index is 0. The van der Waals surface area contributed by atoms with Crippen molar-refractivity contribution in [2.45, 2.75) is 12.8 Å². The van der Waals surface area contributed by atoms with Crippen molar-refractivity contribution in [1.82, 2.24) is 14.7 Å². The maximum atomic E-state index is 12.8. The van der Waals surface area contributed by atoms with Gasteiger partial charge < -0.3 is 20.4 Å². The van der Waals surface area contributed by atoms with Gasteiger partial charge in [0.05, 0.1) is 13.1 Å². The Morgan fingerprint density at radius 2 is 1.71 bits per heavy atom. The summed E-state index contributed by atoms with van der Waals surface area (Å²) in [4.78, 5) is 32.4. The highest BCUT2D eigenvalue weighted by Crippen LogP contribution is 2.31. The number of rotatable bonds is 4. The third-order valence-corrected chi connectivity index (χ3v) is 5.29. The van der Waals surface area contributed by atoms with E-state index in [1.165, 1.54) is 5.56 Å². The molecule has 3 rings (SSSR count). The summed E-state index contributed by atoms with van der Waals surface area (Å²) in [5.74, 6) is 0.256. The minimum Gasteiger partial charge on any atom is -0.398 e. The number of hydrogen-bond acceptors (Lipinski definition) is 5. The Kier molecular flexibility index (Phi) is 9.33. The predicted octanol–water partition coefficient (Wildman–Crippen LogP) is 1.10. The average Bonchev–Trinajstić information content (AvgIpc) is 2.63. The number of piperazine rings is 1. The Hall–Kier alpha value is -1.70. The highest BCUT2D eigenvalue weighted by Gasteiger charge is 2.26. The normalized spacial score (nSPS) is 16.5. The fourth-order valence-corrected chi connectivity index (χ4v) is 3.64. The van der Waals surface area contributed by atoms with Crippen LogP contribution in [-0.2, 0) is 16.0 Å². The summed E-state index contributed by atoms with van der Waals surface area (Å²) in [7, 11) is 3.54. The molecule has 2 aliphatic heterocycles. The number of hydrogen-bond donors (Lipinski definition) is 1. The van der Waals surface area contributed by atoms with Gasteiger partial charge >= 0.3 is 0 Å². The fraction of sp³-hybridized carbons (Fsp3) is 0.579. The number of amides is 2. The van der Waals surface area contributed by atoms with Crippen LogP contribution >= 0.6 is 24.8 Å². The Balaban J connectivity index is 0.00000196. The molecule has 1 saturated heterocycles. The topological polar surface area (TPSA) is 73.1 Å². The monoisotopic (exact) mass is 431 g/mol. The van der Waals surface area contributed by atoms with Gasteiger partial charge in [-0.3, -0.25) is 14.5 Å². The van der Waals surface area contributed by atoms with E-state index in [2.05, 4.69) is 15.9 Å². The van der Waals surface area contributed by atoms with Gasteiger partial charge in [-0.05, 0) is 30.5 Å². The van der Waals surface area contributed by atoms with Crippen molar-refractivity contribution >= 4 is 48.0 Å². The zero-order valence-corrected chi connectivity index (χ0v) is 18.2. The highest BCUT2D eigenvalue weighted by atomic mass is 35.5. The zero-order valence-electron chi connectivity index (χ0n) is 16.6. The number of carbonyl (C=O) groups excluding carboxylic acids is 2. The molecular weight excluding hydrogens is 401 g/mol. The third kappa shape index (κ3) is 5.65. The van der Waals surface area contributed by atoms with E-state index >= 15 is 0 Å². The lowest BCUT2D eigenvalue weighted by Gasteiger charge is -2.37. The molecule has 1 aromatic carbocycles. The largest absolute Gasteiger partial charge is 0.398 e. The van der Waals surface area contributed by atoms with Crippen LogP contribution in [-0.4, -0.2) is 86.4 Å². The van der Waals surface area contributed by atoms with Crippen molar-refractivity contribution in [3.63, 3.8) is 0 Å². The van der Waals surface area contributed by atoms with Crippen molar-refractivity contribution in [1.29, 1.82) is 0 Å². The molecular formula is C19H31Cl2N5O2. The summed E-state index contributed by atoms with van der Waals surface area (Å²) >= 11 is 0. The first kappa shape index (κ1) is 24.3. The van der Waals surface area contributed by atoms with Gasteiger partial charge in [0.25, 0.3) is 0 Å². The van der Waals surface area contributed by atoms with Gasteiger partial charge in [0.15, 0.2) is 0 Å². The summed E-state index contributed by atoms with van der Waals surface area (Å²) in [6, 6.07) is 5.94. The van der Waals surface area contributed by atoms with E-state index in [-0.39, 0.29) is 36.6 Å². The molecule has 0 aliphatic carbocycles. The number of nitrogens with two attached hydrogens (primary N) is 1. The lowest BCUT2D eigenvalue weighted by Crippen LogP contribution is -2.53. The molecule has 158 valence electrons. The molecule has 0 radical (unpaired) electrons. The smallest absolute Gasteiger partial charge is 0.242 e. The van der Waals surface area contributed by atoms with Crippen LogP contribution in [0.3, 0.4) is 0 Å². The van der Waals surface area contributed by atoms with Crippen molar-refractivity contribution in [2.75, 3.05) is 70.5 Å². The summed E-state index contributed by atoms with van der Waals surface area (Å²) in [6.45, 7) is 4.55. The lowest BCUT2D eigenvalue weighted by atomic mass is 10.00. The number of halogens is 2. The predicted molar refractivity (Wildman–Crippen MR) is 118 cm³/mol. The average molecular weight is 432 g/mol. The van der Waals surface area contributed by atoms with Gasteiger partial charge in [-0.15, -0.1) is 24.8 Å². The number of nitrogen functional groups attached to an aromatic ring is 1. The molecule has 0 bridgehead atoms. The standard InChI is InChI=1S/C19H29N5O2.2ClH/c1-21(2)18(25)13-22-9-11-23(12-10-22)19(26)14-24-8-4-5-15-16(20)6-3-7-17(15)24;;/h3,6-7H,4-5,8-14,20H2,1-2H3;2*1H. The quantitative estimate of drug-likeness (QED) is 0.722. The number of carbonyl (C=O) groups is 2. The molecule has 0 unspecified atom stereocenters. The molecule has 7 nitrogen and oxygen atoms in total. The van der Waals surface area contributed by atoms with E-state index in [9.17, 15) is 9.59 Å². The van der Waals surface area contributed by atoms with Crippen molar-refractivity contribution in [3.05, 3.63) is 23.8 Å². The Bertz CT molecular complexity index is 678. The molecule has 0 spiro atoms. The van der Waals surface area contributed by atoms with Crippen LogP contribution in [0, 0.1) is 0 Å². The summed E-state index contributed by atoms with van der Waals surface area (Å²) in [5, 5.41) is 0. The van der Waals surface area contributed by atoms with Gasteiger partial charge in [0.2, 0.25) is 11.8 Å². The Morgan fingerprint density at radius 3 is 2.36 bits per heavy atom. The fourth-order valence-electron chi connectivity index (χ4n) is 3.64. The van der Waals surface area contributed by atoms with E-state index in [0.29, 0.717) is 26.2 Å². The lowest BCUT2D eigenvalue weighted by molar-refractivity contribution is -0.133. The van der Waals surface area contributed by atoms with Crippen LogP contribution in [0.5, 0.6) is 0 Å². The van der Waals surface area contributed by atoms with Gasteiger partial charge in [0, 0.05) is 58.2 Å². The van der Waals surface area contributed by atoms with Gasteiger partial charge in [-0.25, -0.2) is 0 Å². The maximum absolute atomic E-state index is 12.8. The SMILES string of the molecule is CN(C)C(=O)CN1CCN(C(=O)CN2CCCc3c(N)cccc32)CC1.Cl.Cl. The number of likely N-dealkylation sites (N-methyl/N-ethyl adjacent to an activating group) is 1. The number of anilines is 2. The van der Waals surface area contributed by atoms with E-state index in [1.807, 2.05) is 17.0 Å². The molecule has 28 heavy (non-hydrogen) atoms. The first-order chi connectivity index (χ1) is 12.5. The molecule has 1 aromatic rings. The Morgan fingerprint density at radius 1 is 1.04 bits per heavy atom. The van der Waals surface area contributed by atoms with Crippen LogP contribution < -0.4 is 10.6 Å². The van der Waals surface area contributed by atoms with Crippen LogP contribution in [0.15, 0.2) is 18.2 Å². The molecule has 2 aliphatic rings. The zero-order chi connectivity index (χ0) is 18.7. The molecule has 0 atom stereocenters. The number of nitrogens with zero attached hydrogens (tertiary/aromatic N) is 4. The van der Waals surface area contributed by atoms with E-state index in [0.717, 1.165) is 43.9 Å². The van der Waals surface area contributed by atoms with Crippen LogP contribution in [0.2, 0.25) is 0 Å². The summed E-state index contributed by atoms with van der Waals surface area (Å²) in [6.07, 6.45) is 2.00. The van der Waals surface area contributed by atoms with Crippen LogP contribution in [0.4, 0.5) is 11.4 Å². The van der Waals surface area contributed by atoms with Crippen LogP contribution in [0.25, 0.3) is 0 Å². The number of fused-ring (bicyclic) bond motifs is 1. The first-order valence-corrected chi connectivity index (χ1v) is 9.28. The van der Waals surface area contributed by atoms with E-state index in [1.54, 1.807) is 19.0 Å². The maximum Gasteiger partial charge on any atom is 0.242 e. The molecule has 2 N–H and O–H groups in total. The second-order valence-corrected chi connectivity index (χ2v) is 7.32. The molecule has 9 heteroatoms. The molecule has 2 amide bonds. The van der Waals surface area contributed by atoms with Crippen LogP contribution in [0.1, 0.15) is 12.0 Å². The molecule has 0 aromatic heterocycles. The van der Waals surface area contributed by atoms with Crippen molar-refractivity contribution in [2.24, 2.45) is 0 Å². The molecule has 0 saturated carbocycles. The second-order valence-electron chi connectivity index (χ2n) is 7.32. The van der Waals surface area contributed by atoms with Gasteiger partial charge in [-0.1, -0.05) is 6.07 Å². The molecule has 2 heterocycles. The summed E-state index contributed by atoms with van der Waals surface area (Å²) < 4.78 is 0. The van der Waals surface area contributed by atoms with E-state index in [4.69, 9.17) is 5.73 Å². The molecule has 1 fully saturated rings. The van der Waals surface area contributed by atoms with E-state index < -0.39 is 0 Å². The van der Waals surface area contributed by atoms with Gasteiger partial charge in [-0.2, -0.15) is 0 Å². The number of benzene rings is 1. The third-order valence-electron chi connectivity index (χ3n) is 5.29.